The summed E-state index contributed by atoms with van der Waals surface area (Å²) in [6.45, 7) is 8.85. The van der Waals surface area contributed by atoms with E-state index in [0.29, 0.717) is 32.7 Å². The van der Waals surface area contributed by atoms with Crippen LogP contribution in [0.4, 0.5) is 4.79 Å². The van der Waals surface area contributed by atoms with Gasteiger partial charge in [-0.15, -0.1) is 0 Å². The van der Waals surface area contributed by atoms with Crippen LogP contribution in [0.1, 0.15) is 27.2 Å². The van der Waals surface area contributed by atoms with Gasteiger partial charge >= 0.3 is 6.03 Å². The molecule has 0 saturated carbocycles. The summed E-state index contributed by atoms with van der Waals surface area (Å²) in [4.78, 5) is 27.2. The van der Waals surface area contributed by atoms with Crippen LogP contribution in [-0.4, -0.2) is 54.5 Å². The highest BCUT2D eigenvalue weighted by Gasteiger charge is 2.24. The maximum Gasteiger partial charge on any atom is 0.317 e. The van der Waals surface area contributed by atoms with Gasteiger partial charge in [0.05, 0.1) is 0 Å². The molecule has 1 N–H and O–H groups in total. The fourth-order valence-corrected chi connectivity index (χ4v) is 2.02. The molecule has 1 aliphatic heterocycles. The number of amides is 3. The van der Waals surface area contributed by atoms with Crippen molar-refractivity contribution in [3.63, 3.8) is 0 Å². The molecule has 18 heavy (non-hydrogen) atoms. The topological polar surface area (TPSA) is 52.7 Å². The average Bonchev–Trinajstić information content (AvgIpc) is 2.38. The Kier molecular flexibility index (Phi) is 5.68. The first-order valence-corrected chi connectivity index (χ1v) is 6.59. The number of allylic oxidation sites excluding steroid dienone is 1. The second kappa shape index (κ2) is 7.03. The lowest BCUT2D eigenvalue weighted by Gasteiger charge is -2.34. The smallest absolute Gasteiger partial charge is 0.317 e. The van der Waals surface area contributed by atoms with Crippen molar-refractivity contribution in [2.75, 3.05) is 32.7 Å². The molecule has 0 aromatic carbocycles. The predicted molar refractivity (Wildman–Crippen MR) is 71.3 cm³/mol. The second-order valence-corrected chi connectivity index (χ2v) is 4.41. The van der Waals surface area contributed by atoms with Crippen LogP contribution in [-0.2, 0) is 4.79 Å². The second-order valence-electron chi connectivity index (χ2n) is 4.41. The number of rotatable bonds is 3. The van der Waals surface area contributed by atoms with Crippen LogP contribution in [0.25, 0.3) is 0 Å². The summed E-state index contributed by atoms with van der Waals surface area (Å²) in [5, 5.41) is 2.77. The number of hydrogen-bond donors (Lipinski definition) is 1. The van der Waals surface area contributed by atoms with Crippen molar-refractivity contribution in [1.82, 2.24) is 15.1 Å². The van der Waals surface area contributed by atoms with E-state index in [0.717, 1.165) is 12.0 Å². The Balaban J connectivity index is 2.46. The molecule has 0 spiro atoms. The lowest BCUT2D eigenvalue weighted by molar-refractivity contribution is -0.128. The number of urea groups is 1. The Morgan fingerprint density at radius 3 is 2.17 bits per heavy atom. The lowest BCUT2D eigenvalue weighted by Crippen LogP contribution is -2.53. The summed E-state index contributed by atoms with van der Waals surface area (Å²) >= 11 is 0. The van der Waals surface area contributed by atoms with E-state index < -0.39 is 0 Å². The van der Waals surface area contributed by atoms with E-state index in [1.807, 2.05) is 31.7 Å². The van der Waals surface area contributed by atoms with E-state index in [2.05, 4.69) is 5.32 Å². The number of nitrogens with one attached hydrogen (secondary N) is 1. The zero-order chi connectivity index (χ0) is 13.5. The first-order chi connectivity index (χ1) is 8.60. The van der Waals surface area contributed by atoms with Crippen LogP contribution in [0.5, 0.6) is 0 Å². The van der Waals surface area contributed by atoms with Crippen LogP contribution in [0.3, 0.4) is 0 Å². The summed E-state index contributed by atoms with van der Waals surface area (Å²) in [5.41, 5.74) is 0.795. The van der Waals surface area contributed by atoms with Gasteiger partial charge < -0.3 is 15.1 Å². The van der Waals surface area contributed by atoms with Crippen LogP contribution in [0, 0.1) is 0 Å². The maximum atomic E-state index is 12.0. The highest BCUT2D eigenvalue weighted by Crippen LogP contribution is 2.07. The molecule has 0 radical (unpaired) electrons. The molecule has 0 atom stereocenters. The molecule has 0 unspecified atom stereocenters. The molecule has 0 aliphatic carbocycles. The largest absolute Gasteiger partial charge is 0.338 e. The fraction of sp³-hybridized carbons (Fsp3) is 0.692. The van der Waals surface area contributed by atoms with Gasteiger partial charge in [-0.1, -0.05) is 13.0 Å². The van der Waals surface area contributed by atoms with Gasteiger partial charge in [0.2, 0.25) is 5.91 Å². The molecular weight excluding hydrogens is 230 g/mol. The monoisotopic (exact) mass is 253 g/mol. The van der Waals surface area contributed by atoms with Crippen molar-refractivity contribution in [2.45, 2.75) is 27.2 Å². The molecule has 5 nitrogen and oxygen atoms in total. The summed E-state index contributed by atoms with van der Waals surface area (Å²) in [6, 6.07) is -0.0366. The van der Waals surface area contributed by atoms with E-state index in [-0.39, 0.29) is 11.9 Å². The minimum absolute atomic E-state index is 0.0366. The van der Waals surface area contributed by atoms with Crippen LogP contribution >= 0.6 is 0 Å². The Bertz CT molecular complexity index is 331. The third kappa shape index (κ3) is 3.75. The van der Waals surface area contributed by atoms with Crippen molar-refractivity contribution in [3.05, 3.63) is 11.6 Å². The van der Waals surface area contributed by atoms with Crippen LogP contribution in [0.2, 0.25) is 0 Å². The Morgan fingerprint density at radius 2 is 1.67 bits per heavy atom. The highest BCUT2D eigenvalue weighted by atomic mass is 16.2. The molecule has 102 valence electrons. The molecular formula is C13H23N3O2. The van der Waals surface area contributed by atoms with Crippen molar-refractivity contribution in [3.8, 4) is 0 Å². The first-order valence-electron chi connectivity index (χ1n) is 6.59. The summed E-state index contributed by atoms with van der Waals surface area (Å²) in [6.07, 6.45) is 2.81. The van der Waals surface area contributed by atoms with Gasteiger partial charge in [-0.2, -0.15) is 0 Å². The van der Waals surface area contributed by atoms with Crippen LogP contribution in [0.15, 0.2) is 11.6 Å². The highest BCUT2D eigenvalue weighted by molar-refractivity contribution is 5.93. The molecule has 1 aliphatic rings. The van der Waals surface area contributed by atoms with Gasteiger partial charge in [-0.25, -0.2) is 4.79 Å². The number of hydrogen-bond acceptors (Lipinski definition) is 2. The molecule has 1 rings (SSSR count). The van der Waals surface area contributed by atoms with Crippen LogP contribution < -0.4 is 5.32 Å². The molecule has 3 amide bonds. The molecule has 1 fully saturated rings. The lowest BCUT2D eigenvalue weighted by atomic mass is 10.2. The summed E-state index contributed by atoms with van der Waals surface area (Å²) in [7, 11) is 0. The van der Waals surface area contributed by atoms with Crippen molar-refractivity contribution in [1.29, 1.82) is 0 Å². The summed E-state index contributed by atoms with van der Waals surface area (Å²) in [5.74, 6) is 0.0902. The minimum atomic E-state index is -0.0366. The molecule has 1 heterocycles. The number of piperazine rings is 1. The Labute approximate surface area is 109 Å². The van der Waals surface area contributed by atoms with Gasteiger partial charge in [-0.3, -0.25) is 4.79 Å². The number of nitrogens with zero attached hydrogens (tertiary/aromatic N) is 2. The van der Waals surface area contributed by atoms with E-state index in [4.69, 9.17) is 0 Å². The predicted octanol–water partition coefficient (Wildman–Crippen LogP) is 1.22. The first kappa shape index (κ1) is 14.5. The minimum Gasteiger partial charge on any atom is -0.338 e. The van der Waals surface area contributed by atoms with Gasteiger partial charge in [-0.05, 0) is 20.3 Å². The molecule has 1 saturated heterocycles. The van der Waals surface area contributed by atoms with Gasteiger partial charge in [0.25, 0.3) is 0 Å². The molecule has 0 aromatic heterocycles. The zero-order valence-electron chi connectivity index (χ0n) is 11.5. The van der Waals surface area contributed by atoms with Crippen molar-refractivity contribution in [2.24, 2.45) is 0 Å². The van der Waals surface area contributed by atoms with E-state index in [1.165, 1.54) is 0 Å². The number of carbonyl (C=O) groups excluding carboxylic acids is 2. The molecule has 5 heteroatoms. The maximum absolute atomic E-state index is 12.0. The normalized spacial score (nSPS) is 16.7. The van der Waals surface area contributed by atoms with Gasteiger partial charge in [0.1, 0.15) is 0 Å². The molecule has 0 aromatic rings. The Hall–Kier alpha value is -1.52. The Morgan fingerprint density at radius 1 is 1.11 bits per heavy atom. The molecule has 0 bridgehead atoms. The average molecular weight is 253 g/mol. The fourth-order valence-electron chi connectivity index (χ4n) is 2.02. The van der Waals surface area contributed by atoms with E-state index in [9.17, 15) is 9.59 Å². The quantitative estimate of drug-likeness (QED) is 0.769. The number of carbonyl (C=O) groups is 2. The third-order valence-corrected chi connectivity index (χ3v) is 3.03. The van der Waals surface area contributed by atoms with Gasteiger partial charge in [0.15, 0.2) is 0 Å². The van der Waals surface area contributed by atoms with Gasteiger partial charge in [0, 0.05) is 38.3 Å². The van der Waals surface area contributed by atoms with Crippen molar-refractivity contribution >= 4 is 11.9 Å². The third-order valence-electron chi connectivity index (χ3n) is 3.03. The SMILES string of the molecule is CC/C=C(\C)C(=O)N1CCN(C(=O)NCC)CC1. The zero-order valence-corrected chi connectivity index (χ0v) is 11.5. The van der Waals surface area contributed by atoms with E-state index in [1.54, 1.807) is 4.90 Å². The van der Waals surface area contributed by atoms with E-state index >= 15 is 0 Å². The summed E-state index contributed by atoms with van der Waals surface area (Å²) < 4.78 is 0. The standard InChI is InChI=1S/C13H23N3O2/c1-4-6-11(3)12(17)15-7-9-16(10-8-15)13(18)14-5-2/h6H,4-5,7-10H2,1-3H3,(H,14,18)/b11-6+. The van der Waals surface area contributed by atoms with Crippen molar-refractivity contribution < 1.29 is 9.59 Å².